The zero-order chi connectivity index (χ0) is 9.10. The van der Waals surface area contributed by atoms with Crippen LogP contribution in [0.5, 0.6) is 0 Å². The van der Waals surface area contributed by atoms with Gasteiger partial charge in [0.2, 0.25) is 0 Å². The Morgan fingerprint density at radius 3 is 3.00 bits per heavy atom. The van der Waals surface area contributed by atoms with Crippen LogP contribution in [0.1, 0.15) is 0 Å². The Morgan fingerprint density at radius 1 is 1.15 bits per heavy atom. The number of carbonyl (C=O) groups excluding carboxylic acids is 1. The van der Waals surface area contributed by atoms with Crippen molar-refractivity contribution < 1.29 is 4.79 Å². The molecule has 2 rings (SSSR count). The lowest BCUT2D eigenvalue weighted by atomic mass is 9.93. The maximum atomic E-state index is 11.0. The van der Waals surface area contributed by atoms with E-state index in [4.69, 9.17) is 0 Å². The van der Waals surface area contributed by atoms with Gasteiger partial charge in [0.25, 0.3) is 5.91 Å². The standard InChI is InChI=1S/C11H9NO/c13-11-6-5-9-3-1-2-4-10(9)7-8-12-11/h1-9H/b6-5-,10-7-,12-8-. The molecule has 0 saturated heterocycles. The topological polar surface area (TPSA) is 29.4 Å². The van der Waals surface area contributed by atoms with Crippen LogP contribution in [-0.2, 0) is 4.79 Å². The Kier molecular flexibility index (Phi) is 2.04. The minimum absolute atomic E-state index is 0.196. The van der Waals surface area contributed by atoms with Crippen molar-refractivity contribution in [3.63, 3.8) is 0 Å². The van der Waals surface area contributed by atoms with Crippen molar-refractivity contribution in [1.29, 1.82) is 0 Å². The average Bonchev–Trinajstić information content (AvgIpc) is 2.13. The third-order valence-corrected chi connectivity index (χ3v) is 2.02. The monoisotopic (exact) mass is 171 g/mol. The molecule has 0 aromatic rings. The van der Waals surface area contributed by atoms with Crippen LogP contribution in [0.4, 0.5) is 0 Å². The van der Waals surface area contributed by atoms with Gasteiger partial charge in [-0.15, -0.1) is 0 Å². The van der Waals surface area contributed by atoms with E-state index in [9.17, 15) is 4.79 Å². The lowest BCUT2D eigenvalue weighted by Gasteiger charge is -2.12. The van der Waals surface area contributed by atoms with Crippen LogP contribution >= 0.6 is 0 Å². The quantitative estimate of drug-likeness (QED) is 0.546. The number of hydrogen-bond donors (Lipinski definition) is 0. The first kappa shape index (κ1) is 7.92. The fraction of sp³-hybridized carbons (Fsp3) is 0.0909. The van der Waals surface area contributed by atoms with E-state index in [-0.39, 0.29) is 11.8 Å². The number of amides is 1. The Hall–Kier alpha value is -1.70. The fourth-order valence-electron chi connectivity index (χ4n) is 1.34. The molecule has 13 heavy (non-hydrogen) atoms. The van der Waals surface area contributed by atoms with Crippen LogP contribution in [0.3, 0.4) is 0 Å². The molecular weight excluding hydrogens is 162 g/mol. The fourth-order valence-corrected chi connectivity index (χ4v) is 1.34. The van der Waals surface area contributed by atoms with Gasteiger partial charge in [-0.3, -0.25) is 4.79 Å². The molecular formula is C11H9NO. The summed E-state index contributed by atoms with van der Waals surface area (Å²) in [4.78, 5) is 14.6. The minimum atomic E-state index is -0.196. The van der Waals surface area contributed by atoms with Crippen LogP contribution in [0.15, 0.2) is 53.1 Å². The van der Waals surface area contributed by atoms with E-state index in [1.165, 1.54) is 6.08 Å². The van der Waals surface area contributed by atoms with Crippen molar-refractivity contribution >= 4 is 12.1 Å². The predicted molar refractivity (Wildman–Crippen MR) is 52.5 cm³/mol. The zero-order valence-corrected chi connectivity index (χ0v) is 7.05. The second-order valence-electron chi connectivity index (χ2n) is 2.91. The van der Waals surface area contributed by atoms with Crippen molar-refractivity contribution in [2.75, 3.05) is 0 Å². The predicted octanol–water partition coefficient (Wildman–Crippen LogP) is 1.82. The van der Waals surface area contributed by atoms with Gasteiger partial charge < -0.3 is 0 Å². The van der Waals surface area contributed by atoms with E-state index in [2.05, 4.69) is 11.1 Å². The number of aliphatic imine (C=N–C) groups is 1. The van der Waals surface area contributed by atoms with E-state index in [0.29, 0.717) is 0 Å². The van der Waals surface area contributed by atoms with E-state index in [1.54, 1.807) is 6.21 Å². The van der Waals surface area contributed by atoms with Crippen LogP contribution in [0, 0.1) is 5.92 Å². The summed E-state index contributed by atoms with van der Waals surface area (Å²) in [6.07, 6.45) is 14.8. The first-order valence-electron chi connectivity index (χ1n) is 4.17. The number of allylic oxidation sites excluding steroid dienone is 7. The largest absolute Gasteiger partial charge is 0.269 e. The Bertz CT molecular complexity index is 370. The van der Waals surface area contributed by atoms with Crippen LogP contribution in [-0.4, -0.2) is 12.1 Å². The molecule has 0 spiro atoms. The van der Waals surface area contributed by atoms with Crippen molar-refractivity contribution in [3.8, 4) is 0 Å². The molecule has 1 heterocycles. The normalized spacial score (nSPS) is 34.0. The van der Waals surface area contributed by atoms with E-state index in [0.717, 1.165) is 5.57 Å². The van der Waals surface area contributed by atoms with E-state index >= 15 is 0 Å². The zero-order valence-electron chi connectivity index (χ0n) is 7.05. The third kappa shape index (κ3) is 1.72. The van der Waals surface area contributed by atoms with Gasteiger partial charge in [0.15, 0.2) is 0 Å². The van der Waals surface area contributed by atoms with Gasteiger partial charge in [-0.25, -0.2) is 4.99 Å². The van der Waals surface area contributed by atoms with Gasteiger partial charge in [0.1, 0.15) is 0 Å². The molecule has 2 nitrogen and oxygen atoms in total. The summed E-state index contributed by atoms with van der Waals surface area (Å²) in [6.45, 7) is 0. The van der Waals surface area contributed by atoms with Crippen molar-refractivity contribution in [2.45, 2.75) is 0 Å². The molecule has 0 bridgehead atoms. The smallest absolute Gasteiger partial charge is 0.267 e. The molecule has 0 fully saturated rings. The van der Waals surface area contributed by atoms with Gasteiger partial charge in [-0.2, -0.15) is 0 Å². The van der Waals surface area contributed by atoms with Gasteiger partial charge in [0.05, 0.1) is 0 Å². The summed E-state index contributed by atoms with van der Waals surface area (Å²) in [5.41, 5.74) is 1.16. The number of rotatable bonds is 0. The summed E-state index contributed by atoms with van der Waals surface area (Å²) in [5, 5.41) is 0. The molecule has 1 amide bonds. The van der Waals surface area contributed by atoms with E-state index in [1.807, 2.05) is 30.4 Å². The minimum Gasteiger partial charge on any atom is -0.267 e. The maximum Gasteiger partial charge on any atom is 0.269 e. The highest BCUT2D eigenvalue weighted by molar-refractivity contribution is 5.96. The Morgan fingerprint density at radius 2 is 2.08 bits per heavy atom. The molecule has 1 aliphatic carbocycles. The van der Waals surface area contributed by atoms with Crippen molar-refractivity contribution in [1.82, 2.24) is 0 Å². The number of carbonyl (C=O) groups is 1. The highest BCUT2D eigenvalue weighted by atomic mass is 16.1. The molecule has 0 aromatic carbocycles. The number of nitrogens with zero attached hydrogens (tertiary/aromatic N) is 1. The van der Waals surface area contributed by atoms with E-state index < -0.39 is 0 Å². The molecule has 1 unspecified atom stereocenters. The summed E-state index contributed by atoms with van der Waals surface area (Å²) < 4.78 is 0. The highest BCUT2D eigenvalue weighted by Crippen LogP contribution is 2.20. The molecule has 0 radical (unpaired) electrons. The average molecular weight is 171 g/mol. The van der Waals surface area contributed by atoms with Crippen LogP contribution in [0.2, 0.25) is 0 Å². The van der Waals surface area contributed by atoms with Gasteiger partial charge >= 0.3 is 0 Å². The lowest BCUT2D eigenvalue weighted by Crippen LogP contribution is -2.02. The summed E-state index contributed by atoms with van der Waals surface area (Å²) in [5.74, 6) is 0.0268. The van der Waals surface area contributed by atoms with Crippen LogP contribution < -0.4 is 0 Å². The number of hydrogen-bond acceptors (Lipinski definition) is 1. The molecule has 2 aliphatic rings. The molecule has 0 saturated carbocycles. The van der Waals surface area contributed by atoms with Crippen molar-refractivity contribution in [3.05, 3.63) is 48.1 Å². The second-order valence-corrected chi connectivity index (χ2v) is 2.91. The molecule has 64 valence electrons. The third-order valence-electron chi connectivity index (χ3n) is 2.02. The maximum absolute atomic E-state index is 11.0. The molecule has 2 heteroatoms. The number of fused-ring (bicyclic) bond motifs is 1. The van der Waals surface area contributed by atoms with Crippen molar-refractivity contribution in [2.24, 2.45) is 10.9 Å². The first-order chi connectivity index (χ1) is 6.36. The SMILES string of the molecule is O=C1/C=C\C2C=CC=C/C2=C/C=N\1. The molecule has 0 N–H and O–H groups in total. The van der Waals surface area contributed by atoms with Gasteiger partial charge in [-0.1, -0.05) is 30.4 Å². The van der Waals surface area contributed by atoms with Gasteiger partial charge in [-0.05, 0) is 11.6 Å². The van der Waals surface area contributed by atoms with Gasteiger partial charge in [0, 0.05) is 18.2 Å². The lowest BCUT2D eigenvalue weighted by molar-refractivity contribution is -0.113. The Labute approximate surface area is 76.7 Å². The molecule has 1 atom stereocenters. The Balaban J connectivity index is 2.39. The molecule has 1 aliphatic heterocycles. The highest BCUT2D eigenvalue weighted by Gasteiger charge is 2.08. The van der Waals surface area contributed by atoms with Crippen LogP contribution in [0.25, 0.3) is 0 Å². The molecule has 0 aromatic heterocycles. The summed E-state index contributed by atoms with van der Waals surface area (Å²) >= 11 is 0. The summed E-state index contributed by atoms with van der Waals surface area (Å²) in [7, 11) is 0. The second kappa shape index (κ2) is 3.35. The summed E-state index contributed by atoms with van der Waals surface area (Å²) in [6, 6.07) is 0. The first-order valence-corrected chi connectivity index (χ1v) is 4.17.